The minimum atomic E-state index is -0.262. The van der Waals surface area contributed by atoms with Crippen LogP contribution in [0.2, 0.25) is 0 Å². The molecular weight excluding hydrogens is 364 g/mol. The number of carbonyl (C=O) groups is 1. The maximum absolute atomic E-state index is 11.4. The normalized spacial score (nSPS) is 25.5. The topological polar surface area (TPSA) is 66.8 Å². The van der Waals surface area contributed by atoms with E-state index < -0.39 is 0 Å². The number of allylic oxidation sites excluding steroid dienone is 4. The third kappa shape index (κ3) is 7.11. The van der Waals surface area contributed by atoms with Crippen LogP contribution in [0.5, 0.6) is 0 Å². The number of rotatable bonds is 10. The Labute approximate surface area is 176 Å². The molecule has 1 aliphatic heterocycles. The van der Waals surface area contributed by atoms with E-state index in [0.717, 1.165) is 31.3 Å². The van der Waals surface area contributed by atoms with Crippen molar-refractivity contribution in [3.63, 3.8) is 0 Å². The molecule has 4 heteroatoms. The number of cyclic esters (lactones) is 1. The highest BCUT2D eigenvalue weighted by Gasteiger charge is 2.33. The van der Waals surface area contributed by atoms with Gasteiger partial charge in [0.25, 0.3) is 0 Å². The molecule has 29 heavy (non-hydrogen) atoms. The summed E-state index contributed by atoms with van der Waals surface area (Å²) in [5, 5.41) is 19.0. The Kier molecular flexibility index (Phi) is 9.16. The molecule has 2 rings (SSSR count). The molecular formula is C25H40O4. The number of carbonyl (C=O) groups excluding carboxylic acids is 1. The van der Waals surface area contributed by atoms with Crippen molar-refractivity contribution in [3.05, 3.63) is 34.4 Å². The SMILES string of the molecule is CC1=C(CC/C(C)=C/CC/C(=C/C[C@H]2OC(=O)C[C@H]2CO)CO)C(C)(C)CCC1. The van der Waals surface area contributed by atoms with Crippen LogP contribution in [0.1, 0.15) is 85.5 Å². The van der Waals surface area contributed by atoms with Gasteiger partial charge in [-0.3, -0.25) is 4.79 Å². The van der Waals surface area contributed by atoms with Crippen LogP contribution in [0.4, 0.5) is 0 Å². The Morgan fingerprint density at radius 1 is 1.24 bits per heavy atom. The Balaban J connectivity index is 1.81. The highest BCUT2D eigenvalue weighted by molar-refractivity contribution is 5.72. The van der Waals surface area contributed by atoms with E-state index >= 15 is 0 Å². The van der Waals surface area contributed by atoms with Crippen LogP contribution in [0.3, 0.4) is 0 Å². The number of aliphatic hydroxyl groups is 2. The highest BCUT2D eigenvalue weighted by atomic mass is 16.6. The molecule has 0 saturated carbocycles. The lowest BCUT2D eigenvalue weighted by Crippen LogP contribution is -2.20. The summed E-state index contributed by atoms with van der Waals surface area (Å²) in [6, 6.07) is 0. The highest BCUT2D eigenvalue weighted by Crippen LogP contribution is 2.42. The maximum Gasteiger partial charge on any atom is 0.306 e. The van der Waals surface area contributed by atoms with Gasteiger partial charge >= 0.3 is 5.97 Å². The van der Waals surface area contributed by atoms with E-state index in [4.69, 9.17) is 4.74 Å². The molecule has 0 amide bonds. The third-order valence-electron chi connectivity index (χ3n) is 6.73. The van der Waals surface area contributed by atoms with Gasteiger partial charge < -0.3 is 14.9 Å². The predicted molar refractivity (Wildman–Crippen MR) is 117 cm³/mol. The quantitative estimate of drug-likeness (QED) is 0.385. The van der Waals surface area contributed by atoms with E-state index in [-0.39, 0.29) is 37.6 Å². The minimum Gasteiger partial charge on any atom is -0.462 e. The van der Waals surface area contributed by atoms with Crippen LogP contribution < -0.4 is 0 Å². The summed E-state index contributed by atoms with van der Waals surface area (Å²) in [6.07, 6.45) is 12.7. The summed E-state index contributed by atoms with van der Waals surface area (Å²) in [5.41, 5.74) is 5.96. The third-order valence-corrected chi connectivity index (χ3v) is 6.73. The van der Waals surface area contributed by atoms with Crippen molar-refractivity contribution in [1.82, 2.24) is 0 Å². The second-order valence-electron chi connectivity index (χ2n) is 9.52. The van der Waals surface area contributed by atoms with Gasteiger partial charge in [-0.05, 0) is 69.8 Å². The fraction of sp³-hybridized carbons (Fsp3) is 0.720. The van der Waals surface area contributed by atoms with Crippen LogP contribution in [0.25, 0.3) is 0 Å². The van der Waals surface area contributed by atoms with Gasteiger partial charge in [-0.15, -0.1) is 0 Å². The molecule has 0 radical (unpaired) electrons. The number of aliphatic hydroxyl groups excluding tert-OH is 2. The Morgan fingerprint density at radius 3 is 2.66 bits per heavy atom. The molecule has 2 N–H and O–H groups in total. The molecule has 0 aromatic carbocycles. The zero-order valence-corrected chi connectivity index (χ0v) is 18.8. The fourth-order valence-corrected chi connectivity index (χ4v) is 4.76. The summed E-state index contributed by atoms with van der Waals surface area (Å²) < 4.78 is 5.28. The monoisotopic (exact) mass is 404 g/mol. The molecule has 164 valence electrons. The molecule has 1 saturated heterocycles. The standard InChI is InChI=1S/C25H40O4/c1-18(10-12-22-19(2)8-6-14-25(22,3)4)7-5-9-20(16-26)11-13-23-21(17-27)15-24(28)29-23/h7,11,21,23,26-27H,5-6,8-10,12-17H2,1-4H3/b18-7+,20-11-/t21-,23+/m0/s1. The van der Waals surface area contributed by atoms with Gasteiger partial charge in [0.2, 0.25) is 0 Å². The first-order valence-electron chi connectivity index (χ1n) is 11.2. The van der Waals surface area contributed by atoms with Crippen molar-refractivity contribution in [3.8, 4) is 0 Å². The first kappa shape index (κ1) is 23.9. The Morgan fingerprint density at radius 2 is 2.00 bits per heavy atom. The second-order valence-corrected chi connectivity index (χ2v) is 9.52. The summed E-state index contributed by atoms with van der Waals surface area (Å²) in [7, 11) is 0. The molecule has 0 spiro atoms. The van der Waals surface area contributed by atoms with Crippen molar-refractivity contribution in [1.29, 1.82) is 0 Å². The summed E-state index contributed by atoms with van der Waals surface area (Å²) in [5.74, 6) is -0.360. The van der Waals surface area contributed by atoms with E-state index in [1.54, 1.807) is 11.1 Å². The van der Waals surface area contributed by atoms with Crippen LogP contribution >= 0.6 is 0 Å². The minimum absolute atomic E-state index is 0.0254. The number of hydrogen-bond donors (Lipinski definition) is 2. The molecule has 2 atom stereocenters. The Bertz CT molecular complexity index is 654. The molecule has 1 fully saturated rings. The molecule has 0 bridgehead atoms. The molecule has 0 unspecified atom stereocenters. The molecule has 4 nitrogen and oxygen atoms in total. The van der Waals surface area contributed by atoms with Gasteiger partial charge in [0.05, 0.1) is 13.0 Å². The molecule has 0 aromatic rings. The van der Waals surface area contributed by atoms with Crippen LogP contribution in [-0.4, -0.2) is 35.5 Å². The van der Waals surface area contributed by atoms with E-state index in [2.05, 4.69) is 33.8 Å². The predicted octanol–water partition coefficient (Wildman–Crippen LogP) is 5.25. The van der Waals surface area contributed by atoms with Crippen molar-refractivity contribution >= 4 is 5.97 Å². The number of esters is 1. The smallest absolute Gasteiger partial charge is 0.306 e. The lowest BCUT2D eigenvalue weighted by Gasteiger charge is -2.35. The van der Waals surface area contributed by atoms with Gasteiger partial charge in [0.1, 0.15) is 6.10 Å². The molecule has 1 heterocycles. The fourth-order valence-electron chi connectivity index (χ4n) is 4.76. The van der Waals surface area contributed by atoms with E-state index in [1.165, 1.54) is 24.8 Å². The molecule has 2 aliphatic rings. The Hall–Kier alpha value is -1.39. The van der Waals surface area contributed by atoms with E-state index in [0.29, 0.717) is 11.8 Å². The zero-order valence-electron chi connectivity index (χ0n) is 18.8. The summed E-state index contributed by atoms with van der Waals surface area (Å²) in [6.45, 7) is 9.26. The lowest BCUT2D eigenvalue weighted by molar-refractivity contribution is -0.141. The first-order valence-corrected chi connectivity index (χ1v) is 11.2. The first-order chi connectivity index (χ1) is 13.8. The van der Waals surface area contributed by atoms with Crippen LogP contribution in [-0.2, 0) is 9.53 Å². The number of hydrogen-bond acceptors (Lipinski definition) is 4. The van der Waals surface area contributed by atoms with Crippen molar-refractivity contribution in [2.75, 3.05) is 13.2 Å². The van der Waals surface area contributed by atoms with E-state index in [9.17, 15) is 15.0 Å². The van der Waals surface area contributed by atoms with Gasteiger partial charge in [-0.25, -0.2) is 0 Å². The van der Waals surface area contributed by atoms with Crippen molar-refractivity contribution < 1.29 is 19.7 Å². The lowest BCUT2D eigenvalue weighted by atomic mass is 9.71. The second kappa shape index (κ2) is 11.1. The number of ether oxygens (including phenoxy) is 1. The average molecular weight is 405 g/mol. The molecule has 0 aromatic heterocycles. The van der Waals surface area contributed by atoms with Crippen molar-refractivity contribution in [2.45, 2.75) is 91.6 Å². The average Bonchev–Trinajstić information content (AvgIpc) is 3.03. The van der Waals surface area contributed by atoms with Gasteiger partial charge in [0.15, 0.2) is 0 Å². The van der Waals surface area contributed by atoms with Gasteiger partial charge in [0, 0.05) is 18.9 Å². The van der Waals surface area contributed by atoms with Gasteiger partial charge in [-0.2, -0.15) is 0 Å². The molecule has 1 aliphatic carbocycles. The van der Waals surface area contributed by atoms with Crippen LogP contribution in [0.15, 0.2) is 34.4 Å². The maximum atomic E-state index is 11.4. The van der Waals surface area contributed by atoms with Crippen LogP contribution in [0, 0.1) is 11.3 Å². The largest absolute Gasteiger partial charge is 0.462 e. The summed E-state index contributed by atoms with van der Waals surface area (Å²) >= 11 is 0. The summed E-state index contributed by atoms with van der Waals surface area (Å²) in [4.78, 5) is 11.4. The van der Waals surface area contributed by atoms with E-state index in [1.807, 2.05) is 6.08 Å². The van der Waals surface area contributed by atoms with Crippen molar-refractivity contribution in [2.24, 2.45) is 11.3 Å². The van der Waals surface area contributed by atoms with Gasteiger partial charge in [-0.1, -0.05) is 42.7 Å². The zero-order chi connectivity index (χ0) is 21.4.